The monoisotopic (exact) mass is 370 g/mol. The van der Waals surface area contributed by atoms with E-state index in [4.69, 9.17) is 0 Å². The first-order valence-corrected chi connectivity index (χ1v) is 9.70. The van der Waals surface area contributed by atoms with E-state index in [0.29, 0.717) is 12.4 Å². The van der Waals surface area contributed by atoms with Crippen molar-refractivity contribution in [2.45, 2.75) is 20.0 Å². The number of para-hydroxylation sites is 2. The Morgan fingerprint density at radius 3 is 2.69 bits per heavy atom. The molecule has 4 rings (SSSR count). The van der Waals surface area contributed by atoms with Gasteiger partial charge >= 0.3 is 0 Å². The fraction of sp³-hybridized carbons (Fsp3) is 0.368. The smallest absolute Gasteiger partial charge is 0.263 e. The molecule has 0 radical (unpaired) electrons. The topological polar surface area (TPSA) is 61.6 Å². The Kier molecular flexibility index (Phi) is 4.65. The molecule has 0 amide bonds. The highest BCUT2D eigenvalue weighted by molar-refractivity contribution is 7.18. The van der Waals surface area contributed by atoms with Gasteiger partial charge in [0.1, 0.15) is 16.9 Å². The molecule has 7 heteroatoms. The molecule has 0 aliphatic carbocycles. The molecule has 0 unspecified atom stereocenters. The van der Waals surface area contributed by atoms with E-state index in [0.717, 1.165) is 48.5 Å². The second-order valence-electron chi connectivity index (χ2n) is 6.54. The first-order valence-electron chi connectivity index (χ1n) is 8.89. The maximum Gasteiger partial charge on any atom is 0.263 e. The van der Waals surface area contributed by atoms with Gasteiger partial charge in [-0.1, -0.05) is 19.1 Å². The lowest BCUT2D eigenvalue weighted by Crippen LogP contribution is -2.47. The van der Waals surface area contributed by atoms with Gasteiger partial charge in [0.25, 0.3) is 5.56 Å². The van der Waals surface area contributed by atoms with Crippen LogP contribution in [-0.2, 0) is 13.1 Å². The first-order chi connectivity index (χ1) is 12.7. The van der Waals surface area contributed by atoms with E-state index in [1.54, 1.807) is 28.3 Å². The van der Waals surface area contributed by atoms with Crippen LogP contribution in [0.1, 0.15) is 11.8 Å². The third-order valence-electron chi connectivity index (χ3n) is 4.86. The van der Waals surface area contributed by atoms with Crippen molar-refractivity contribution in [2.75, 3.05) is 31.1 Å². The van der Waals surface area contributed by atoms with Crippen LogP contribution in [0.25, 0.3) is 10.2 Å². The van der Waals surface area contributed by atoms with Gasteiger partial charge in [0, 0.05) is 31.1 Å². The fourth-order valence-corrected chi connectivity index (χ4v) is 4.29. The quantitative estimate of drug-likeness (QED) is 0.765. The van der Waals surface area contributed by atoms with E-state index >= 15 is 0 Å². The number of thiophene rings is 1. The zero-order valence-corrected chi connectivity index (χ0v) is 15.6. The maximum atomic E-state index is 12.7. The summed E-state index contributed by atoms with van der Waals surface area (Å²) in [6.07, 6.45) is 2.59. The van der Waals surface area contributed by atoms with Gasteiger partial charge in [0.15, 0.2) is 0 Å². The Hall–Kier alpha value is -2.38. The van der Waals surface area contributed by atoms with Crippen LogP contribution < -0.4 is 10.5 Å². The number of aromatic hydroxyl groups is 1. The highest BCUT2D eigenvalue weighted by atomic mass is 32.1. The van der Waals surface area contributed by atoms with E-state index in [-0.39, 0.29) is 5.56 Å². The predicted molar refractivity (Wildman–Crippen MR) is 105 cm³/mol. The fourth-order valence-electron chi connectivity index (χ4n) is 3.36. The lowest BCUT2D eigenvalue weighted by molar-refractivity contribution is 0.202. The minimum absolute atomic E-state index is 0.0362. The van der Waals surface area contributed by atoms with Crippen molar-refractivity contribution < 1.29 is 5.11 Å². The van der Waals surface area contributed by atoms with E-state index < -0.39 is 0 Å². The molecule has 2 aromatic heterocycles. The second kappa shape index (κ2) is 7.09. The van der Waals surface area contributed by atoms with E-state index in [1.807, 2.05) is 24.3 Å². The molecule has 0 saturated carbocycles. The van der Waals surface area contributed by atoms with Crippen LogP contribution in [0.2, 0.25) is 0 Å². The van der Waals surface area contributed by atoms with Crippen LogP contribution in [0.4, 0.5) is 5.69 Å². The normalized spacial score (nSPS) is 15.7. The summed E-state index contributed by atoms with van der Waals surface area (Å²) in [5.41, 5.74) is 0.909. The molecule has 1 aliphatic rings. The average molecular weight is 370 g/mol. The summed E-state index contributed by atoms with van der Waals surface area (Å²) in [5.74, 6) is 0.316. The number of nitrogens with zero attached hydrogens (tertiary/aromatic N) is 4. The highest BCUT2D eigenvalue weighted by Crippen LogP contribution is 2.27. The van der Waals surface area contributed by atoms with E-state index in [1.165, 1.54) is 4.88 Å². The van der Waals surface area contributed by atoms with E-state index in [2.05, 4.69) is 21.7 Å². The molecule has 0 atom stereocenters. The summed E-state index contributed by atoms with van der Waals surface area (Å²) in [6.45, 7) is 5.95. The molecule has 1 aliphatic heterocycles. The third kappa shape index (κ3) is 3.20. The number of hydrogen-bond acceptors (Lipinski definition) is 6. The molecule has 1 fully saturated rings. The number of rotatable bonds is 4. The molecule has 0 spiro atoms. The standard InChI is InChI=1S/C19H22N4O2S/c1-2-14-11-15-18(26-14)20-12-23(19(15)25)13-21-7-9-22(10-8-21)16-5-3-4-6-17(16)24/h3-6,11-12,24H,2,7-10,13H2,1H3. The molecular weight excluding hydrogens is 348 g/mol. The number of phenolic OH excluding ortho intramolecular Hbond substituents is 1. The number of anilines is 1. The van der Waals surface area contributed by atoms with Gasteiger partial charge in [0.2, 0.25) is 0 Å². The van der Waals surface area contributed by atoms with Crippen LogP contribution in [0.5, 0.6) is 5.75 Å². The molecule has 1 N–H and O–H groups in total. The number of fused-ring (bicyclic) bond motifs is 1. The zero-order valence-electron chi connectivity index (χ0n) is 14.8. The Bertz CT molecular complexity index is 973. The molecule has 136 valence electrons. The summed E-state index contributed by atoms with van der Waals surface area (Å²) in [6, 6.07) is 9.40. The van der Waals surface area contributed by atoms with Crippen molar-refractivity contribution >= 4 is 27.2 Å². The van der Waals surface area contributed by atoms with Gasteiger partial charge in [0.05, 0.1) is 17.7 Å². The van der Waals surface area contributed by atoms with Gasteiger partial charge in [-0.25, -0.2) is 4.98 Å². The number of piperazine rings is 1. The van der Waals surface area contributed by atoms with Crippen molar-refractivity contribution in [2.24, 2.45) is 0 Å². The minimum Gasteiger partial charge on any atom is -0.506 e. The summed E-state index contributed by atoms with van der Waals surface area (Å²) in [7, 11) is 0. The molecule has 26 heavy (non-hydrogen) atoms. The summed E-state index contributed by atoms with van der Waals surface area (Å²) in [4.78, 5) is 23.6. The van der Waals surface area contributed by atoms with Crippen LogP contribution in [0.3, 0.4) is 0 Å². The molecule has 3 heterocycles. The van der Waals surface area contributed by atoms with Gasteiger partial charge in [-0.05, 0) is 24.6 Å². The van der Waals surface area contributed by atoms with Gasteiger partial charge in [-0.15, -0.1) is 11.3 Å². The first kappa shape index (κ1) is 17.1. The van der Waals surface area contributed by atoms with Crippen molar-refractivity contribution in [3.8, 4) is 5.75 Å². The summed E-state index contributed by atoms with van der Waals surface area (Å²) in [5, 5.41) is 10.7. The second-order valence-corrected chi connectivity index (χ2v) is 7.66. The van der Waals surface area contributed by atoms with Gasteiger partial charge in [-0.2, -0.15) is 0 Å². The Morgan fingerprint density at radius 1 is 1.19 bits per heavy atom. The van der Waals surface area contributed by atoms with Crippen LogP contribution >= 0.6 is 11.3 Å². The van der Waals surface area contributed by atoms with Crippen LogP contribution in [0, 0.1) is 0 Å². The van der Waals surface area contributed by atoms with Crippen molar-refractivity contribution in [3.05, 3.63) is 51.9 Å². The largest absolute Gasteiger partial charge is 0.506 e. The van der Waals surface area contributed by atoms with Crippen molar-refractivity contribution in [3.63, 3.8) is 0 Å². The lowest BCUT2D eigenvalue weighted by atomic mass is 10.2. The Morgan fingerprint density at radius 2 is 1.96 bits per heavy atom. The Labute approximate surface area is 155 Å². The van der Waals surface area contributed by atoms with Crippen molar-refractivity contribution in [1.29, 1.82) is 0 Å². The zero-order chi connectivity index (χ0) is 18.1. The third-order valence-corrected chi connectivity index (χ3v) is 6.05. The van der Waals surface area contributed by atoms with Crippen LogP contribution in [0.15, 0.2) is 41.5 Å². The molecule has 3 aromatic rings. The van der Waals surface area contributed by atoms with Crippen LogP contribution in [-0.4, -0.2) is 45.7 Å². The average Bonchev–Trinajstić information content (AvgIpc) is 3.10. The van der Waals surface area contributed by atoms with Gasteiger partial charge in [-0.3, -0.25) is 14.3 Å². The summed E-state index contributed by atoms with van der Waals surface area (Å²) < 4.78 is 1.70. The SMILES string of the molecule is CCc1cc2c(=O)n(CN3CCN(c4ccccc4O)CC3)cnc2s1. The molecule has 1 saturated heterocycles. The van der Waals surface area contributed by atoms with Crippen molar-refractivity contribution in [1.82, 2.24) is 14.5 Å². The number of phenols is 1. The minimum atomic E-state index is 0.0362. The molecule has 6 nitrogen and oxygen atoms in total. The number of aromatic nitrogens is 2. The number of benzene rings is 1. The Balaban J connectivity index is 1.46. The highest BCUT2D eigenvalue weighted by Gasteiger charge is 2.20. The summed E-state index contributed by atoms with van der Waals surface area (Å²) >= 11 is 1.60. The molecule has 1 aromatic carbocycles. The maximum absolute atomic E-state index is 12.7. The predicted octanol–water partition coefficient (Wildman–Crippen LogP) is 2.51. The lowest BCUT2D eigenvalue weighted by Gasteiger charge is -2.36. The number of aryl methyl sites for hydroxylation is 1. The van der Waals surface area contributed by atoms with E-state index in [9.17, 15) is 9.90 Å². The molecule has 0 bridgehead atoms. The van der Waals surface area contributed by atoms with Gasteiger partial charge < -0.3 is 10.0 Å². The number of hydrogen-bond donors (Lipinski definition) is 1. The molecular formula is C19H22N4O2S.